The molecule has 0 saturated heterocycles. The number of carbonyl (C=O) groups excluding carboxylic acids is 1. The first-order valence-corrected chi connectivity index (χ1v) is 7.34. The topological polar surface area (TPSA) is 64.3 Å². The molecule has 0 spiro atoms. The van der Waals surface area contributed by atoms with Gasteiger partial charge in [-0.3, -0.25) is 0 Å². The SMILES string of the molecule is CCOC(=O)C(CCSC)Nc1ccc(N)cc1. The second kappa shape index (κ2) is 7.87. The fourth-order valence-electron chi connectivity index (χ4n) is 1.51. The molecule has 1 rings (SSSR count). The van der Waals surface area contributed by atoms with Crippen molar-refractivity contribution in [3.63, 3.8) is 0 Å². The first-order chi connectivity index (χ1) is 8.67. The predicted octanol–water partition coefficient (Wildman–Crippen LogP) is 2.37. The highest BCUT2D eigenvalue weighted by Crippen LogP contribution is 2.14. The number of hydrogen-bond donors (Lipinski definition) is 2. The minimum Gasteiger partial charge on any atom is -0.464 e. The molecule has 0 radical (unpaired) electrons. The third-order valence-corrected chi connectivity index (χ3v) is 3.08. The molecule has 18 heavy (non-hydrogen) atoms. The summed E-state index contributed by atoms with van der Waals surface area (Å²) in [5.74, 6) is 0.703. The zero-order valence-electron chi connectivity index (χ0n) is 10.8. The van der Waals surface area contributed by atoms with E-state index in [4.69, 9.17) is 10.5 Å². The molecule has 1 atom stereocenters. The lowest BCUT2D eigenvalue weighted by Gasteiger charge is -2.18. The van der Waals surface area contributed by atoms with Crippen LogP contribution >= 0.6 is 11.8 Å². The van der Waals surface area contributed by atoms with E-state index in [0.29, 0.717) is 12.3 Å². The Morgan fingerprint density at radius 1 is 1.44 bits per heavy atom. The Morgan fingerprint density at radius 2 is 2.11 bits per heavy atom. The Labute approximate surface area is 112 Å². The number of nitrogen functional groups attached to an aromatic ring is 1. The van der Waals surface area contributed by atoms with Crippen LogP contribution in [0.5, 0.6) is 0 Å². The molecule has 3 N–H and O–H groups in total. The summed E-state index contributed by atoms with van der Waals surface area (Å²) in [5.41, 5.74) is 7.21. The van der Waals surface area contributed by atoms with Crippen LogP contribution in [0.25, 0.3) is 0 Å². The molecule has 1 unspecified atom stereocenters. The van der Waals surface area contributed by atoms with E-state index in [1.165, 1.54) is 0 Å². The van der Waals surface area contributed by atoms with Crippen LogP contribution < -0.4 is 11.1 Å². The Bertz CT molecular complexity index is 368. The van der Waals surface area contributed by atoms with E-state index in [-0.39, 0.29) is 12.0 Å². The summed E-state index contributed by atoms with van der Waals surface area (Å²) in [7, 11) is 0. The molecule has 0 saturated carbocycles. The van der Waals surface area contributed by atoms with E-state index >= 15 is 0 Å². The lowest BCUT2D eigenvalue weighted by Crippen LogP contribution is -2.32. The Hall–Kier alpha value is -1.36. The zero-order chi connectivity index (χ0) is 13.4. The van der Waals surface area contributed by atoms with Gasteiger partial charge in [-0.25, -0.2) is 4.79 Å². The molecule has 0 aliphatic carbocycles. The van der Waals surface area contributed by atoms with Crippen molar-refractivity contribution in [1.82, 2.24) is 0 Å². The number of rotatable bonds is 7. The molecule has 0 amide bonds. The molecule has 0 aliphatic rings. The van der Waals surface area contributed by atoms with Crippen LogP contribution in [0.15, 0.2) is 24.3 Å². The molecule has 0 bridgehead atoms. The van der Waals surface area contributed by atoms with Gasteiger partial charge in [-0.15, -0.1) is 0 Å². The minimum absolute atomic E-state index is 0.205. The van der Waals surface area contributed by atoms with E-state index < -0.39 is 0 Å². The Morgan fingerprint density at radius 3 is 2.67 bits per heavy atom. The average Bonchev–Trinajstić information content (AvgIpc) is 2.37. The Balaban J connectivity index is 2.64. The van der Waals surface area contributed by atoms with Crippen molar-refractivity contribution in [2.75, 3.05) is 29.7 Å². The van der Waals surface area contributed by atoms with Gasteiger partial charge >= 0.3 is 5.97 Å². The summed E-state index contributed by atoms with van der Waals surface area (Å²) >= 11 is 1.71. The normalized spacial score (nSPS) is 11.9. The molecule has 0 aromatic heterocycles. The number of anilines is 2. The van der Waals surface area contributed by atoms with Crippen LogP contribution in [0.3, 0.4) is 0 Å². The van der Waals surface area contributed by atoms with Crippen LogP contribution in [0.1, 0.15) is 13.3 Å². The van der Waals surface area contributed by atoms with E-state index in [9.17, 15) is 4.79 Å². The van der Waals surface area contributed by atoms with Crippen LogP contribution in [0, 0.1) is 0 Å². The summed E-state index contributed by atoms with van der Waals surface area (Å²) in [6.07, 6.45) is 2.76. The van der Waals surface area contributed by atoms with E-state index in [1.54, 1.807) is 23.9 Å². The quantitative estimate of drug-likeness (QED) is 0.587. The molecule has 0 heterocycles. The standard InChI is InChI=1S/C13H20N2O2S/c1-3-17-13(16)12(8-9-18-2)15-11-6-4-10(14)5-7-11/h4-7,12,15H,3,8-9,14H2,1-2H3. The van der Waals surface area contributed by atoms with Crippen molar-refractivity contribution in [3.05, 3.63) is 24.3 Å². The number of esters is 1. The number of thioether (sulfide) groups is 1. The fourth-order valence-corrected chi connectivity index (χ4v) is 1.98. The minimum atomic E-state index is -0.305. The predicted molar refractivity (Wildman–Crippen MR) is 77.9 cm³/mol. The number of carbonyl (C=O) groups is 1. The number of benzene rings is 1. The molecule has 0 aliphatic heterocycles. The van der Waals surface area contributed by atoms with Crippen LogP contribution in [0.2, 0.25) is 0 Å². The van der Waals surface area contributed by atoms with Crippen molar-refractivity contribution in [1.29, 1.82) is 0 Å². The van der Waals surface area contributed by atoms with Gasteiger partial charge in [0.25, 0.3) is 0 Å². The third kappa shape index (κ3) is 4.87. The van der Waals surface area contributed by atoms with E-state index in [2.05, 4.69) is 5.32 Å². The maximum Gasteiger partial charge on any atom is 0.328 e. The zero-order valence-corrected chi connectivity index (χ0v) is 11.6. The van der Waals surface area contributed by atoms with Gasteiger partial charge in [0, 0.05) is 11.4 Å². The van der Waals surface area contributed by atoms with Crippen molar-refractivity contribution in [2.45, 2.75) is 19.4 Å². The summed E-state index contributed by atoms with van der Waals surface area (Å²) in [4.78, 5) is 11.8. The maximum absolute atomic E-state index is 11.8. The van der Waals surface area contributed by atoms with Gasteiger partial charge in [0.2, 0.25) is 0 Å². The number of ether oxygens (including phenoxy) is 1. The van der Waals surface area contributed by atoms with E-state index in [0.717, 1.165) is 17.9 Å². The molecule has 100 valence electrons. The highest BCUT2D eigenvalue weighted by atomic mass is 32.2. The van der Waals surface area contributed by atoms with Gasteiger partial charge in [-0.1, -0.05) is 0 Å². The fraction of sp³-hybridized carbons (Fsp3) is 0.462. The highest BCUT2D eigenvalue weighted by Gasteiger charge is 2.18. The van der Waals surface area contributed by atoms with Crippen molar-refractivity contribution < 1.29 is 9.53 Å². The van der Waals surface area contributed by atoms with Gasteiger partial charge in [-0.05, 0) is 49.6 Å². The average molecular weight is 268 g/mol. The first kappa shape index (κ1) is 14.7. The van der Waals surface area contributed by atoms with E-state index in [1.807, 2.05) is 25.3 Å². The van der Waals surface area contributed by atoms with Crippen LogP contribution in [-0.4, -0.2) is 30.6 Å². The smallest absolute Gasteiger partial charge is 0.328 e. The monoisotopic (exact) mass is 268 g/mol. The Kier molecular flexibility index (Phi) is 6.43. The summed E-state index contributed by atoms with van der Waals surface area (Å²) < 4.78 is 5.06. The third-order valence-electron chi connectivity index (χ3n) is 2.43. The lowest BCUT2D eigenvalue weighted by atomic mass is 10.2. The summed E-state index contributed by atoms with van der Waals surface area (Å²) in [6.45, 7) is 2.21. The molecular formula is C13H20N2O2S. The van der Waals surface area contributed by atoms with Crippen molar-refractivity contribution >= 4 is 29.1 Å². The van der Waals surface area contributed by atoms with Gasteiger partial charge in [0.05, 0.1) is 6.61 Å². The number of nitrogens with one attached hydrogen (secondary N) is 1. The molecule has 4 nitrogen and oxygen atoms in total. The van der Waals surface area contributed by atoms with Gasteiger partial charge in [0.1, 0.15) is 6.04 Å². The van der Waals surface area contributed by atoms with Crippen molar-refractivity contribution in [2.24, 2.45) is 0 Å². The lowest BCUT2D eigenvalue weighted by molar-refractivity contribution is -0.144. The van der Waals surface area contributed by atoms with Crippen molar-refractivity contribution in [3.8, 4) is 0 Å². The number of hydrogen-bond acceptors (Lipinski definition) is 5. The number of nitrogens with two attached hydrogens (primary N) is 1. The second-order valence-corrected chi connectivity index (χ2v) is 4.84. The molecule has 1 aromatic rings. The van der Waals surface area contributed by atoms with Crippen LogP contribution in [-0.2, 0) is 9.53 Å². The molecular weight excluding hydrogens is 248 g/mol. The maximum atomic E-state index is 11.8. The molecule has 5 heteroatoms. The summed E-state index contributed by atoms with van der Waals surface area (Å²) in [6, 6.07) is 7.03. The summed E-state index contributed by atoms with van der Waals surface area (Å²) in [5, 5.41) is 3.18. The second-order valence-electron chi connectivity index (χ2n) is 3.85. The van der Waals surface area contributed by atoms with Gasteiger partial charge in [-0.2, -0.15) is 11.8 Å². The van der Waals surface area contributed by atoms with Gasteiger partial charge < -0.3 is 15.8 Å². The van der Waals surface area contributed by atoms with Crippen LogP contribution in [0.4, 0.5) is 11.4 Å². The molecule has 1 aromatic carbocycles. The highest BCUT2D eigenvalue weighted by molar-refractivity contribution is 7.98. The largest absolute Gasteiger partial charge is 0.464 e. The molecule has 0 fully saturated rings. The van der Waals surface area contributed by atoms with Gasteiger partial charge in [0.15, 0.2) is 0 Å². The first-order valence-electron chi connectivity index (χ1n) is 5.95.